The number of halogens is 2. The van der Waals surface area contributed by atoms with Crippen molar-refractivity contribution in [2.45, 2.75) is 77.5 Å². The molecule has 1 saturated heterocycles. The van der Waals surface area contributed by atoms with Crippen LogP contribution >= 0.6 is 0 Å². The quantitative estimate of drug-likeness (QED) is 0.207. The van der Waals surface area contributed by atoms with Crippen molar-refractivity contribution < 1.29 is 28.2 Å². The van der Waals surface area contributed by atoms with Gasteiger partial charge in [-0.25, -0.2) is 8.78 Å². The van der Waals surface area contributed by atoms with Crippen molar-refractivity contribution in [1.29, 1.82) is 0 Å². The number of piperidine rings is 1. The largest absolute Gasteiger partial charge is 0.497 e. The third-order valence-electron chi connectivity index (χ3n) is 8.59. The van der Waals surface area contributed by atoms with Crippen LogP contribution in [0.25, 0.3) is 0 Å². The zero-order valence-electron chi connectivity index (χ0n) is 27.3. The van der Waals surface area contributed by atoms with E-state index < -0.39 is 29.7 Å². The summed E-state index contributed by atoms with van der Waals surface area (Å²) >= 11 is 0. The molecule has 2 unspecified atom stereocenters. The molecular formula is C37H47F2N3O4. The van der Waals surface area contributed by atoms with E-state index in [0.717, 1.165) is 43.1 Å². The fourth-order valence-electron chi connectivity index (χ4n) is 6.38. The summed E-state index contributed by atoms with van der Waals surface area (Å²) < 4.78 is 33.6. The van der Waals surface area contributed by atoms with Gasteiger partial charge in [0.15, 0.2) is 0 Å². The number of aliphatic hydroxyl groups excluding tert-OH is 1. The molecule has 7 nitrogen and oxygen atoms in total. The molecule has 3 N–H and O–H groups in total. The number of rotatable bonds is 14. The SMILES string of the molecule is CCCN(CCC)C(=O)c1cc(C)cc(C(=O)N[C@@H](Cc2cc(F)cc(F)c2)[C@H](O)C2CCC(Cc3cccc(OC)c3)CN2)c1. The smallest absolute Gasteiger partial charge is 0.253 e. The predicted molar refractivity (Wildman–Crippen MR) is 176 cm³/mol. The summed E-state index contributed by atoms with van der Waals surface area (Å²) in [5.74, 6) is -0.894. The molecule has 0 aromatic heterocycles. The van der Waals surface area contributed by atoms with Crippen molar-refractivity contribution in [1.82, 2.24) is 15.5 Å². The van der Waals surface area contributed by atoms with Crippen LogP contribution in [0.5, 0.6) is 5.75 Å². The van der Waals surface area contributed by atoms with Crippen LogP contribution in [-0.4, -0.2) is 66.8 Å². The highest BCUT2D eigenvalue weighted by Crippen LogP contribution is 2.25. The van der Waals surface area contributed by atoms with Gasteiger partial charge in [0.05, 0.1) is 19.3 Å². The molecular weight excluding hydrogens is 588 g/mol. The van der Waals surface area contributed by atoms with Crippen molar-refractivity contribution in [3.63, 3.8) is 0 Å². The average molecular weight is 636 g/mol. The van der Waals surface area contributed by atoms with Crippen molar-refractivity contribution in [2.75, 3.05) is 26.7 Å². The first-order valence-corrected chi connectivity index (χ1v) is 16.3. The number of methoxy groups -OCH3 is 1. The van der Waals surface area contributed by atoms with Gasteiger partial charge in [0.25, 0.3) is 11.8 Å². The van der Waals surface area contributed by atoms with Crippen LogP contribution in [-0.2, 0) is 12.8 Å². The van der Waals surface area contributed by atoms with Gasteiger partial charge in [-0.05, 0) is 117 Å². The molecule has 0 spiro atoms. The van der Waals surface area contributed by atoms with E-state index in [1.807, 2.05) is 39.0 Å². The van der Waals surface area contributed by atoms with E-state index in [4.69, 9.17) is 4.74 Å². The Bertz CT molecular complexity index is 1450. The van der Waals surface area contributed by atoms with Crippen molar-refractivity contribution in [2.24, 2.45) is 5.92 Å². The van der Waals surface area contributed by atoms with Crippen LogP contribution in [0.1, 0.15) is 76.9 Å². The Morgan fingerprint density at radius 1 is 0.978 bits per heavy atom. The van der Waals surface area contributed by atoms with Gasteiger partial charge < -0.3 is 25.4 Å². The fraction of sp³-hybridized carbons (Fsp3) is 0.459. The fourth-order valence-corrected chi connectivity index (χ4v) is 6.38. The first-order valence-electron chi connectivity index (χ1n) is 16.3. The Kier molecular flexibility index (Phi) is 12.7. The van der Waals surface area contributed by atoms with E-state index in [9.17, 15) is 23.5 Å². The molecule has 1 fully saturated rings. The minimum atomic E-state index is -1.04. The van der Waals surface area contributed by atoms with E-state index in [0.29, 0.717) is 43.1 Å². The number of hydrogen-bond donors (Lipinski definition) is 3. The third-order valence-corrected chi connectivity index (χ3v) is 8.59. The van der Waals surface area contributed by atoms with Crippen LogP contribution in [0.4, 0.5) is 8.78 Å². The first kappa shape index (κ1) is 35.0. The van der Waals surface area contributed by atoms with Crippen LogP contribution in [0, 0.1) is 24.5 Å². The summed E-state index contributed by atoms with van der Waals surface area (Å²) in [6.45, 7) is 7.77. The highest BCUT2D eigenvalue weighted by molar-refractivity contribution is 6.00. The van der Waals surface area contributed by atoms with Gasteiger partial charge in [-0.3, -0.25) is 9.59 Å². The molecule has 3 aromatic rings. The Morgan fingerprint density at radius 2 is 1.67 bits per heavy atom. The maximum Gasteiger partial charge on any atom is 0.253 e. The lowest BCUT2D eigenvalue weighted by Gasteiger charge is -2.36. The molecule has 3 aromatic carbocycles. The molecule has 0 radical (unpaired) electrons. The monoisotopic (exact) mass is 635 g/mol. The lowest BCUT2D eigenvalue weighted by molar-refractivity contribution is 0.0599. The first-order chi connectivity index (χ1) is 22.1. The van der Waals surface area contributed by atoms with Crippen LogP contribution in [0.2, 0.25) is 0 Å². The van der Waals surface area contributed by atoms with E-state index in [1.54, 1.807) is 30.2 Å². The van der Waals surface area contributed by atoms with Gasteiger partial charge in [0.2, 0.25) is 0 Å². The van der Waals surface area contributed by atoms with Gasteiger partial charge in [-0.1, -0.05) is 26.0 Å². The minimum Gasteiger partial charge on any atom is -0.497 e. The second-order valence-corrected chi connectivity index (χ2v) is 12.4. The summed E-state index contributed by atoms with van der Waals surface area (Å²) in [5, 5.41) is 18.0. The normalized spacial score (nSPS) is 17.6. The van der Waals surface area contributed by atoms with Crippen molar-refractivity contribution in [3.8, 4) is 5.75 Å². The van der Waals surface area contributed by atoms with Crippen molar-refractivity contribution in [3.05, 3.63) is 100 Å². The summed E-state index contributed by atoms with van der Waals surface area (Å²) in [5.41, 5.74) is 2.96. The summed E-state index contributed by atoms with van der Waals surface area (Å²) in [7, 11) is 1.65. The van der Waals surface area contributed by atoms with Crippen LogP contribution in [0.15, 0.2) is 60.7 Å². The topological polar surface area (TPSA) is 90.9 Å². The Labute approximate surface area is 271 Å². The Balaban J connectivity index is 1.51. The maximum absolute atomic E-state index is 14.1. The number of amides is 2. The summed E-state index contributed by atoms with van der Waals surface area (Å²) in [6.07, 6.45) is 3.00. The number of carbonyl (C=O) groups is 2. The predicted octanol–water partition coefficient (Wildman–Crippen LogP) is 5.86. The standard InChI is InChI=1S/C37H47F2N3O4/c1-5-12-42(13-6-2)37(45)29-15-24(3)14-28(21-29)36(44)41-34(20-27-17-30(38)22-31(39)18-27)35(43)33-11-10-26(23-40-33)16-25-8-7-9-32(19-25)46-4/h7-9,14-15,17-19,21-22,26,33-35,40,43H,5-6,10-13,16,20,23H2,1-4H3,(H,41,44)/t26?,33?,34-,35+/m0/s1. The molecule has 1 heterocycles. The second-order valence-electron chi connectivity index (χ2n) is 12.4. The van der Waals surface area contributed by atoms with Crippen molar-refractivity contribution >= 4 is 11.8 Å². The molecule has 46 heavy (non-hydrogen) atoms. The van der Waals surface area contributed by atoms with E-state index >= 15 is 0 Å². The third kappa shape index (κ3) is 9.59. The van der Waals surface area contributed by atoms with Gasteiger partial charge in [0, 0.05) is 36.3 Å². The van der Waals surface area contributed by atoms with Crippen LogP contribution < -0.4 is 15.4 Å². The summed E-state index contributed by atoms with van der Waals surface area (Å²) in [6, 6.07) is 15.1. The molecule has 1 aliphatic rings. The van der Waals surface area contributed by atoms with Gasteiger partial charge in [-0.2, -0.15) is 0 Å². The van der Waals surface area contributed by atoms with Gasteiger partial charge >= 0.3 is 0 Å². The van der Waals surface area contributed by atoms with Gasteiger partial charge in [-0.15, -0.1) is 0 Å². The molecule has 0 bridgehead atoms. The number of aryl methyl sites for hydroxylation is 1. The van der Waals surface area contributed by atoms with Gasteiger partial charge in [0.1, 0.15) is 17.4 Å². The lowest BCUT2D eigenvalue weighted by Crippen LogP contribution is -2.56. The Hall–Kier alpha value is -3.82. The number of hydrogen-bond acceptors (Lipinski definition) is 5. The summed E-state index contributed by atoms with van der Waals surface area (Å²) in [4.78, 5) is 28.8. The number of aliphatic hydroxyl groups is 1. The number of nitrogens with one attached hydrogen (secondary N) is 2. The highest BCUT2D eigenvalue weighted by Gasteiger charge is 2.33. The molecule has 0 aliphatic carbocycles. The van der Waals surface area contributed by atoms with E-state index in [2.05, 4.69) is 16.7 Å². The minimum absolute atomic E-state index is 0.0192. The molecule has 4 atom stereocenters. The number of nitrogens with zero attached hydrogens (tertiary/aromatic N) is 1. The molecule has 1 aliphatic heterocycles. The molecule has 0 saturated carbocycles. The van der Waals surface area contributed by atoms with Crippen LogP contribution in [0.3, 0.4) is 0 Å². The number of ether oxygens (including phenoxy) is 1. The van der Waals surface area contributed by atoms with E-state index in [1.165, 1.54) is 17.7 Å². The molecule has 248 valence electrons. The zero-order valence-corrected chi connectivity index (χ0v) is 27.3. The lowest BCUT2D eigenvalue weighted by atomic mass is 9.85. The Morgan fingerprint density at radius 3 is 2.30 bits per heavy atom. The second kappa shape index (κ2) is 16.7. The number of carbonyl (C=O) groups excluding carboxylic acids is 2. The molecule has 2 amide bonds. The molecule has 9 heteroatoms. The molecule has 4 rings (SSSR count). The van der Waals surface area contributed by atoms with E-state index in [-0.39, 0.29) is 23.9 Å². The maximum atomic E-state index is 14.1. The number of benzene rings is 3. The average Bonchev–Trinajstić information content (AvgIpc) is 3.03. The zero-order chi connectivity index (χ0) is 33.2. The highest BCUT2D eigenvalue weighted by atomic mass is 19.1.